The van der Waals surface area contributed by atoms with E-state index in [1.165, 1.54) is 24.3 Å². The summed E-state index contributed by atoms with van der Waals surface area (Å²) in [6.07, 6.45) is -0.189. The Hall–Kier alpha value is -3.91. The first-order valence-electron chi connectivity index (χ1n) is 9.33. The van der Waals surface area contributed by atoms with Gasteiger partial charge >= 0.3 is 0 Å². The molecule has 0 radical (unpaired) electrons. The number of hydrogen-bond donors (Lipinski definition) is 5. The van der Waals surface area contributed by atoms with Gasteiger partial charge in [-0.25, -0.2) is 0 Å². The van der Waals surface area contributed by atoms with Crippen LogP contribution in [-0.2, 0) is 11.3 Å². The fourth-order valence-electron chi connectivity index (χ4n) is 3.03. The van der Waals surface area contributed by atoms with E-state index in [-0.39, 0.29) is 46.5 Å². The number of Topliss-reactive ketones (excluding diaryl/α,β-unsaturated/α-hetero) is 1. The highest BCUT2D eigenvalue weighted by Crippen LogP contribution is 2.39. The van der Waals surface area contributed by atoms with Crippen molar-refractivity contribution in [3.05, 3.63) is 83.3 Å². The first kappa shape index (κ1) is 21.8. The molecule has 0 aromatic heterocycles. The molecule has 2 atom stereocenters. The van der Waals surface area contributed by atoms with E-state index in [1.807, 2.05) is 0 Å². The summed E-state index contributed by atoms with van der Waals surface area (Å²) in [6, 6.07) is 8.41. The number of ketones is 1. The van der Waals surface area contributed by atoms with Crippen LogP contribution in [0.5, 0.6) is 23.0 Å². The molecule has 1 aliphatic rings. The lowest BCUT2D eigenvalue weighted by Gasteiger charge is -2.30. The van der Waals surface area contributed by atoms with Crippen LogP contribution < -0.4 is 4.74 Å². The molecule has 2 aromatic rings. The van der Waals surface area contributed by atoms with Gasteiger partial charge in [0.25, 0.3) is 0 Å². The monoisotopic (exact) mass is 426 g/mol. The summed E-state index contributed by atoms with van der Waals surface area (Å²) in [6.45, 7) is 5.47. The van der Waals surface area contributed by atoms with Gasteiger partial charge in [-0.3, -0.25) is 4.79 Å². The highest BCUT2D eigenvalue weighted by Gasteiger charge is 2.39. The van der Waals surface area contributed by atoms with Crippen LogP contribution in [0.2, 0.25) is 0 Å². The maximum atomic E-state index is 12.5. The van der Waals surface area contributed by atoms with Crippen molar-refractivity contribution in [2.45, 2.75) is 25.7 Å². The summed E-state index contributed by atoms with van der Waals surface area (Å²) in [5.41, 5.74) is 0.601. The van der Waals surface area contributed by atoms with Gasteiger partial charge in [0, 0.05) is 12.1 Å². The molecule has 31 heavy (non-hydrogen) atoms. The number of carbonyl (C=O) groups excluding carboxylic acids is 1. The van der Waals surface area contributed by atoms with Crippen LogP contribution in [0.4, 0.5) is 0 Å². The number of ether oxygens (including phenoxy) is 2. The second kappa shape index (κ2) is 8.85. The van der Waals surface area contributed by atoms with Gasteiger partial charge in [0.05, 0.1) is 0 Å². The molecule has 162 valence electrons. The zero-order valence-electron chi connectivity index (χ0n) is 16.6. The van der Waals surface area contributed by atoms with Gasteiger partial charge in [-0.1, -0.05) is 18.7 Å². The van der Waals surface area contributed by atoms with Crippen molar-refractivity contribution in [2.24, 2.45) is 0 Å². The number of fused-ring (bicyclic) bond motifs is 1. The predicted octanol–water partition coefficient (Wildman–Crippen LogP) is 3.23. The van der Waals surface area contributed by atoms with Crippen LogP contribution in [0.25, 0.3) is 0 Å². The minimum Gasteiger partial charge on any atom is -0.508 e. The minimum absolute atomic E-state index is 0.0216. The molecule has 0 spiro atoms. The highest BCUT2D eigenvalue weighted by molar-refractivity contribution is 6.05. The number of aromatic hydroxyl groups is 3. The van der Waals surface area contributed by atoms with Crippen molar-refractivity contribution >= 4 is 5.78 Å². The summed E-state index contributed by atoms with van der Waals surface area (Å²) in [5.74, 6) is -1.79. The molecule has 0 aliphatic carbocycles. The third-order valence-corrected chi connectivity index (χ3v) is 4.66. The fourth-order valence-corrected chi connectivity index (χ4v) is 3.03. The summed E-state index contributed by atoms with van der Waals surface area (Å²) >= 11 is 0. The van der Waals surface area contributed by atoms with Crippen molar-refractivity contribution in [3.8, 4) is 23.0 Å². The molecule has 1 heterocycles. The first-order chi connectivity index (χ1) is 14.7. The molecule has 8 nitrogen and oxygen atoms in total. The standard InChI is InChI=1S/C23H22O8/c1-3-16(26)18(30-11-13-4-6-14(24)7-5-13)8-12(2)23-22(29)21(28)20-17(27)9-15(25)10-19(20)31-23/h3-10,22-27,29H,2,11H2,1H3/b16-3+,18-8+. The van der Waals surface area contributed by atoms with Crippen molar-refractivity contribution in [2.75, 3.05) is 0 Å². The van der Waals surface area contributed by atoms with Crippen LogP contribution in [0, 0.1) is 0 Å². The number of phenols is 3. The fraction of sp³-hybridized carbons (Fsp3) is 0.174. The van der Waals surface area contributed by atoms with Crippen molar-refractivity contribution in [3.63, 3.8) is 0 Å². The van der Waals surface area contributed by atoms with Crippen LogP contribution in [0.1, 0.15) is 22.8 Å². The maximum absolute atomic E-state index is 12.5. The summed E-state index contributed by atoms with van der Waals surface area (Å²) in [4.78, 5) is 12.5. The Morgan fingerprint density at radius 3 is 2.48 bits per heavy atom. The van der Waals surface area contributed by atoms with Crippen LogP contribution in [0.15, 0.2) is 72.2 Å². The van der Waals surface area contributed by atoms with Gasteiger partial charge < -0.3 is 35.0 Å². The Morgan fingerprint density at radius 2 is 1.84 bits per heavy atom. The number of rotatable bonds is 6. The third-order valence-electron chi connectivity index (χ3n) is 4.66. The second-order valence-electron chi connectivity index (χ2n) is 6.90. The van der Waals surface area contributed by atoms with Crippen molar-refractivity contribution in [1.82, 2.24) is 0 Å². The quantitative estimate of drug-likeness (QED) is 0.351. The number of aliphatic hydroxyl groups is 2. The molecule has 8 heteroatoms. The van der Waals surface area contributed by atoms with E-state index >= 15 is 0 Å². The van der Waals surface area contributed by atoms with Crippen LogP contribution in [-0.4, -0.2) is 43.5 Å². The average molecular weight is 426 g/mol. The molecular formula is C23H22O8. The van der Waals surface area contributed by atoms with Crippen molar-refractivity contribution in [1.29, 1.82) is 0 Å². The lowest BCUT2D eigenvalue weighted by molar-refractivity contribution is 0.0348. The lowest BCUT2D eigenvalue weighted by atomic mass is 9.93. The van der Waals surface area contributed by atoms with E-state index in [0.29, 0.717) is 0 Å². The van der Waals surface area contributed by atoms with E-state index in [4.69, 9.17) is 9.47 Å². The third kappa shape index (κ3) is 4.65. The Kier molecular flexibility index (Phi) is 6.22. The lowest BCUT2D eigenvalue weighted by Crippen LogP contribution is -2.43. The summed E-state index contributed by atoms with van der Waals surface area (Å²) in [7, 11) is 0. The van der Waals surface area contributed by atoms with E-state index < -0.39 is 23.7 Å². The highest BCUT2D eigenvalue weighted by atomic mass is 16.5. The first-order valence-corrected chi connectivity index (χ1v) is 9.33. The minimum atomic E-state index is -1.67. The molecule has 1 aliphatic heterocycles. The SMILES string of the molecule is C=C(/C=C(OCc1ccc(O)cc1)\C(O)=C/C)C1Oc2cc(O)cc(O)c2C(=O)C1O. The predicted molar refractivity (Wildman–Crippen MR) is 111 cm³/mol. The van der Waals surface area contributed by atoms with Crippen LogP contribution >= 0.6 is 0 Å². The van der Waals surface area contributed by atoms with Gasteiger partial charge in [0.2, 0.25) is 5.78 Å². The smallest absolute Gasteiger partial charge is 0.202 e. The van der Waals surface area contributed by atoms with Gasteiger partial charge in [-0.2, -0.15) is 0 Å². The van der Waals surface area contributed by atoms with Crippen molar-refractivity contribution < 1.29 is 39.8 Å². The number of carbonyl (C=O) groups is 1. The second-order valence-corrected chi connectivity index (χ2v) is 6.90. The average Bonchev–Trinajstić information content (AvgIpc) is 2.73. The van der Waals surface area contributed by atoms with E-state index in [0.717, 1.165) is 17.7 Å². The van der Waals surface area contributed by atoms with Gasteiger partial charge in [0.15, 0.2) is 23.7 Å². The Morgan fingerprint density at radius 1 is 1.16 bits per heavy atom. The zero-order valence-corrected chi connectivity index (χ0v) is 16.6. The van der Waals surface area contributed by atoms with E-state index in [9.17, 15) is 30.3 Å². The molecule has 5 N–H and O–H groups in total. The molecular weight excluding hydrogens is 404 g/mol. The van der Waals surface area contributed by atoms with Gasteiger partial charge in [-0.05, 0) is 42.3 Å². The molecule has 0 saturated carbocycles. The largest absolute Gasteiger partial charge is 0.508 e. The molecule has 0 bridgehead atoms. The molecule has 3 rings (SSSR count). The summed E-state index contributed by atoms with van der Waals surface area (Å²) in [5, 5.41) is 49.5. The normalized spacial score (nSPS) is 18.8. The summed E-state index contributed by atoms with van der Waals surface area (Å²) < 4.78 is 11.3. The van der Waals surface area contributed by atoms with E-state index in [2.05, 4.69) is 6.58 Å². The van der Waals surface area contributed by atoms with Gasteiger partial charge in [-0.15, -0.1) is 0 Å². The molecule has 0 saturated heterocycles. The number of benzene rings is 2. The number of aliphatic hydroxyl groups excluding tert-OH is 2. The van der Waals surface area contributed by atoms with E-state index in [1.54, 1.807) is 19.1 Å². The number of phenolic OH excluding ortho intramolecular Hbond substituents is 3. The Bertz CT molecular complexity index is 1070. The van der Waals surface area contributed by atoms with Crippen LogP contribution in [0.3, 0.4) is 0 Å². The number of hydrogen-bond acceptors (Lipinski definition) is 8. The Labute approximate surface area is 178 Å². The molecule has 2 unspecified atom stereocenters. The maximum Gasteiger partial charge on any atom is 0.202 e. The number of allylic oxidation sites excluding steroid dienone is 1. The zero-order chi connectivity index (χ0) is 22.7. The topological polar surface area (TPSA) is 137 Å². The molecule has 0 amide bonds. The molecule has 0 fully saturated rings. The molecule has 2 aromatic carbocycles. The Balaban J connectivity index is 1.85. The van der Waals surface area contributed by atoms with Gasteiger partial charge in [0.1, 0.15) is 35.2 Å².